The van der Waals surface area contributed by atoms with Gasteiger partial charge in [-0.05, 0) is 36.5 Å². The maximum absolute atomic E-state index is 12.8. The highest BCUT2D eigenvalue weighted by Gasteiger charge is 2.25. The number of alkyl carbamates (subject to hydrolysis) is 1. The summed E-state index contributed by atoms with van der Waals surface area (Å²) < 4.78 is 4.97. The van der Waals surface area contributed by atoms with Crippen molar-refractivity contribution in [1.29, 1.82) is 0 Å². The van der Waals surface area contributed by atoms with Crippen LogP contribution in [0.2, 0.25) is 0 Å². The Bertz CT molecular complexity index is 953. The summed E-state index contributed by atoms with van der Waals surface area (Å²) in [6.07, 6.45) is -0.645. The highest BCUT2D eigenvalue weighted by molar-refractivity contribution is 5.97. The zero-order chi connectivity index (χ0) is 28.0. The lowest BCUT2D eigenvalue weighted by molar-refractivity contribution is -0.138. The molecule has 0 aliphatic heterocycles. The summed E-state index contributed by atoms with van der Waals surface area (Å²) in [5.41, 5.74) is 11.9. The fraction of sp³-hybridized carbons (Fsp3) is 0.478. The van der Waals surface area contributed by atoms with Crippen LogP contribution in [0.3, 0.4) is 0 Å². The van der Waals surface area contributed by atoms with Crippen LogP contribution in [0.25, 0.3) is 0 Å². The van der Waals surface area contributed by atoms with Gasteiger partial charge in [0.05, 0.1) is 18.5 Å². The van der Waals surface area contributed by atoms with Crippen molar-refractivity contribution in [1.82, 2.24) is 16.0 Å². The Morgan fingerprint density at radius 3 is 2.24 bits per heavy atom. The number of ether oxygens (including phenoxy) is 1. The van der Waals surface area contributed by atoms with E-state index >= 15 is 0 Å². The van der Waals surface area contributed by atoms with E-state index in [0.717, 1.165) is 0 Å². The minimum Gasteiger partial charge on any atom is -0.481 e. The summed E-state index contributed by atoms with van der Waals surface area (Å²) in [5.74, 6) is -2.37. The number of aliphatic carboxylic acids is 1. The quantitative estimate of drug-likeness (QED) is 0.119. The average molecular weight is 523 g/mol. The number of amides is 5. The molecule has 0 saturated carbocycles. The lowest BCUT2D eigenvalue weighted by Gasteiger charge is -2.22. The van der Waals surface area contributed by atoms with E-state index in [2.05, 4.69) is 21.3 Å². The molecular formula is C23H34N6O8. The number of rotatable bonds is 15. The van der Waals surface area contributed by atoms with E-state index < -0.39 is 54.5 Å². The van der Waals surface area contributed by atoms with Crippen molar-refractivity contribution in [2.45, 2.75) is 57.8 Å². The lowest BCUT2D eigenvalue weighted by Crippen LogP contribution is -2.51. The highest BCUT2D eigenvalue weighted by Crippen LogP contribution is 2.12. The van der Waals surface area contributed by atoms with Crippen molar-refractivity contribution < 1.29 is 38.6 Å². The molecule has 0 bridgehead atoms. The minimum absolute atomic E-state index is 0.140. The van der Waals surface area contributed by atoms with Crippen LogP contribution in [0.1, 0.15) is 38.7 Å². The van der Waals surface area contributed by atoms with Gasteiger partial charge in [-0.2, -0.15) is 0 Å². The smallest absolute Gasteiger partial charge is 0.408 e. The molecular weight excluding hydrogens is 488 g/mol. The molecule has 14 nitrogen and oxygen atoms in total. The molecule has 9 N–H and O–H groups in total. The van der Waals surface area contributed by atoms with Gasteiger partial charge in [0.1, 0.15) is 18.9 Å². The number of aldehydes is 1. The molecule has 5 amide bonds. The predicted octanol–water partition coefficient (Wildman–Crippen LogP) is -0.190. The zero-order valence-electron chi connectivity index (χ0n) is 20.7. The maximum atomic E-state index is 12.8. The number of carbonyl (C=O) groups excluding carboxylic acids is 5. The van der Waals surface area contributed by atoms with Crippen LogP contribution >= 0.6 is 0 Å². The first-order valence-electron chi connectivity index (χ1n) is 11.5. The molecule has 0 aliphatic rings. The normalized spacial score (nSPS) is 13.0. The molecule has 0 aromatic heterocycles. The molecule has 0 fully saturated rings. The number of nitrogens with one attached hydrogen (secondary N) is 4. The number of carboxylic acid groups (broad SMARTS) is 1. The van der Waals surface area contributed by atoms with E-state index in [9.17, 15) is 28.8 Å². The van der Waals surface area contributed by atoms with Gasteiger partial charge in [0.15, 0.2) is 0 Å². The first kappa shape index (κ1) is 30.8. The second kappa shape index (κ2) is 15.7. The largest absolute Gasteiger partial charge is 0.481 e. The number of hydrogen-bond acceptors (Lipinski definition) is 8. The molecule has 0 spiro atoms. The molecule has 0 saturated heterocycles. The van der Waals surface area contributed by atoms with Crippen molar-refractivity contribution >= 4 is 41.9 Å². The number of urea groups is 1. The van der Waals surface area contributed by atoms with E-state index in [0.29, 0.717) is 24.0 Å². The van der Waals surface area contributed by atoms with Crippen LogP contribution in [-0.2, 0) is 30.5 Å². The summed E-state index contributed by atoms with van der Waals surface area (Å²) in [6, 6.07) is 2.64. The molecule has 204 valence electrons. The summed E-state index contributed by atoms with van der Waals surface area (Å²) >= 11 is 0. The SMILES string of the molecule is CC(C)[C@H](N)C(=O)N[C@@H](CCCNC(N)=O)C(=O)Nc1ccc(COC(=O)NC(C=O)CC(=O)O)cc1. The van der Waals surface area contributed by atoms with Crippen LogP contribution in [0, 0.1) is 5.92 Å². The second-order valence-corrected chi connectivity index (χ2v) is 8.51. The maximum Gasteiger partial charge on any atom is 0.408 e. The van der Waals surface area contributed by atoms with E-state index in [1.165, 1.54) is 0 Å². The fourth-order valence-electron chi connectivity index (χ4n) is 2.93. The third-order valence-electron chi connectivity index (χ3n) is 5.08. The van der Waals surface area contributed by atoms with Crippen molar-refractivity contribution in [2.24, 2.45) is 17.4 Å². The van der Waals surface area contributed by atoms with Crippen molar-refractivity contribution in [3.63, 3.8) is 0 Å². The monoisotopic (exact) mass is 522 g/mol. The van der Waals surface area contributed by atoms with Gasteiger partial charge >= 0.3 is 18.1 Å². The average Bonchev–Trinajstić information content (AvgIpc) is 2.83. The molecule has 1 unspecified atom stereocenters. The molecule has 0 radical (unpaired) electrons. The molecule has 0 heterocycles. The topological polar surface area (TPSA) is 232 Å². The molecule has 1 rings (SSSR count). The van der Waals surface area contributed by atoms with Crippen LogP contribution in [0.5, 0.6) is 0 Å². The lowest BCUT2D eigenvalue weighted by atomic mass is 10.0. The second-order valence-electron chi connectivity index (χ2n) is 8.51. The zero-order valence-corrected chi connectivity index (χ0v) is 20.7. The van der Waals surface area contributed by atoms with Gasteiger partial charge in [-0.1, -0.05) is 26.0 Å². The van der Waals surface area contributed by atoms with Gasteiger partial charge < -0.3 is 47.4 Å². The third-order valence-corrected chi connectivity index (χ3v) is 5.08. The molecule has 14 heteroatoms. The first-order valence-corrected chi connectivity index (χ1v) is 11.5. The van der Waals surface area contributed by atoms with Crippen LogP contribution < -0.4 is 32.7 Å². The molecule has 1 aromatic carbocycles. The molecule has 0 aliphatic carbocycles. The van der Waals surface area contributed by atoms with Gasteiger partial charge in [0.25, 0.3) is 0 Å². The van der Waals surface area contributed by atoms with Crippen molar-refractivity contribution in [3.8, 4) is 0 Å². The van der Waals surface area contributed by atoms with E-state index in [4.69, 9.17) is 21.3 Å². The van der Waals surface area contributed by atoms with Gasteiger partial charge in [-0.3, -0.25) is 14.4 Å². The van der Waals surface area contributed by atoms with E-state index in [-0.39, 0.29) is 25.5 Å². The van der Waals surface area contributed by atoms with Crippen LogP contribution in [-0.4, -0.2) is 66.0 Å². The van der Waals surface area contributed by atoms with E-state index in [1.807, 2.05) is 0 Å². The Morgan fingerprint density at radius 1 is 1.05 bits per heavy atom. The van der Waals surface area contributed by atoms with Gasteiger partial charge in [0.2, 0.25) is 11.8 Å². The first-order chi connectivity index (χ1) is 17.4. The molecule has 3 atom stereocenters. The molecule has 1 aromatic rings. The Kier molecular flexibility index (Phi) is 13.1. The highest BCUT2D eigenvalue weighted by atomic mass is 16.5. The van der Waals surface area contributed by atoms with Crippen molar-refractivity contribution in [2.75, 3.05) is 11.9 Å². The summed E-state index contributed by atoms with van der Waals surface area (Å²) in [7, 11) is 0. The summed E-state index contributed by atoms with van der Waals surface area (Å²) in [4.78, 5) is 69.3. The van der Waals surface area contributed by atoms with Gasteiger partial charge in [-0.15, -0.1) is 0 Å². The number of benzene rings is 1. The van der Waals surface area contributed by atoms with Gasteiger partial charge in [-0.25, -0.2) is 9.59 Å². The Balaban J connectivity index is 2.71. The number of primary amides is 1. The number of carboxylic acids is 1. The Morgan fingerprint density at radius 2 is 1.70 bits per heavy atom. The Hall–Kier alpha value is -4.20. The molecule has 37 heavy (non-hydrogen) atoms. The fourth-order valence-corrected chi connectivity index (χ4v) is 2.93. The van der Waals surface area contributed by atoms with Crippen molar-refractivity contribution in [3.05, 3.63) is 29.8 Å². The van der Waals surface area contributed by atoms with E-state index in [1.54, 1.807) is 38.1 Å². The standard InChI is InChI=1S/C23H34N6O8/c1-13(2)19(24)21(34)29-17(4-3-9-26-22(25)35)20(33)27-15-7-5-14(6-8-15)12-37-23(36)28-16(11-30)10-18(31)32/h5-8,11,13,16-17,19H,3-4,9-10,12,24H2,1-2H3,(H,27,33)(H,28,36)(H,29,34)(H,31,32)(H3,25,26,35)/t16?,17-,19-/m0/s1. The Labute approximate surface area is 213 Å². The number of carbonyl (C=O) groups is 6. The third kappa shape index (κ3) is 12.4. The summed E-state index contributed by atoms with van der Waals surface area (Å²) in [5, 5.41) is 18.6. The van der Waals surface area contributed by atoms with Crippen LogP contribution in [0.4, 0.5) is 15.3 Å². The number of nitrogens with two attached hydrogens (primary N) is 2. The number of hydrogen-bond donors (Lipinski definition) is 7. The number of anilines is 1. The predicted molar refractivity (Wildman–Crippen MR) is 132 cm³/mol. The minimum atomic E-state index is -1.25. The van der Waals surface area contributed by atoms with Gasteiger partial charge in [0, 0.05) is 12.2 Å². The van der Waals surface area contributed by atoms with Crippen LogP contribution in [0.15, 0.2) is 24.3 Å². The summed E-state index contributed by atoms with van der Waals surface area (Å²) in [6.45, 7) is 3.61.